The van der Waals surface area contributed by atoms with Gasteiger partial charge in [0.05, 0.1) is 5.69 Å². The Labute approximate surface area is 172 Å². The van der Waals surface area contributed by atoms with E-state index in [1.807, 2.05) is 12.1 Å². The van der Waals surface area contributed by atoms with Crippen molar-refractivity contribution in [3.63, 3.8) is 0 Å². The number of piperidine rings is 1. The zero-order chi connectivity index (χ0) is 20.6. The lowest BCUT2D eigenvalue weighted by Gasteiger charge is -2.29. The molecular weight excluding hydrogens is 376 g/mol. The predicted octanol–water partition coefficient (Wildman–Crippen LogP) is 2.76. The van der Waals surface area contributed by atoms with E-state index in [1.54, 1.807) is 19.2 Å². The first-order valence-corrected chi connectivity index (χ1v) is 10.5. The quantitative estimate of drug-likeness (QED) is 0.536. The van der Waals surface area contributed by atoms with Crippen molar-refractivity contribution in [2.45, 2.75) is 38.3 Å². The van der Waals surface area contributed by atoms with Gasteiger partial charge in [-0.1, -0.05) is 12.1 Å². The van der Waals surface area contributed by atoms with Gasteiger partial charge in [0.15, 0.2) is 5.96 Å². The van der Waals surface area contributed by atoms with E-state index < -0.39 is 6.61 Å². The van der Waals surface area contributed by atoms with Crippen LogP contribution in [0.25, 0.3) is 0 Å². The fourth-order valence-electron chi connectivity index (χ4n) is 4.14. The third kappa shape index (κ3) is 6.45. The van der Waals surface area contributed by atoms with E-state index in [0.717, 1.165) is 44.4 Å². The maximum atomic E-state index is 12.7. The van der Waals surface area contributed by atoms with E-state index in [9.17, 15) is 8.78 Å². The standard InChI is InChI=1S/C21H33F2N5O/c1-24-21(25-11-7-16-8-12-27(2)13-9-16)26-17-10-14-28(15-17)18-5-3-4-6-19(18)29-20(22)23/h3-6,16-17,20H,7-15H2,1-2H3,(H2,24,25,26). The van der Waals surface area contributed by atoms with E-state index in [2.05, 4.69) is 37.2 Å². The lowest BCUT2D eigenvalue weighted by molar-refractivity contribution is -0.0495. The molecule has 162 valence electrons. The van der Waals surface area contributed by atoms with Crippen molar-refractivity contribution in [1.29, 1.82) is 0 Å². The van der Waals surface area contributed by atoms with Crippen LogP contribution in [-0.4, -0.2) is 70.3 Å². The Hall–Kier alpha value is -2.09. The summed E-state index contributed by atoms with van der Waals surface area (Å²) < 4.78 is 30.0. The number of anilines is 1. The monoisotopic (exact) mass is 409 g/mol. The van der Waals surface area contributed by atoms with Gasteiger partial charge in [-0.25, -0.2) is 0 Å². The second-order valence-electron chi connectivity index (χ2n) is 7.96. The first-order chi connectivity index (χ1) is 14.0. The third-order valence-electron chi connectivity index (χ3n) is 5.86. The number of ether oxygens (including phenoxy) is 1. The summed E-state index contributed by atoms with van der Waals surface area (Å²) in [5.74, 6) is 1.82. The average molecular weight is 410 g/mol. The molecule has 0 saturated carbocycles. The molecule has 0 amide bonds. The van der Waals surface area contributed by atoms with E-state index >= 15 is 0 Å². The van der Waals surface area contributed by atoms with Crippen LogP contribution in [-0.2, 0) is 0 Å². The molecule has 2 saturated heterocycles. The largest absolute Gasteiger partial charge is 0.433 e. The number of halogens is 2. The fourth-order valence-corrected chi connectivity index (χ4v) is 4.14. The predicted molar refractivity (Wildman–Crippen MR) is 113 cm³/mol. The summed E-state index contributed by atoms with van der Waals surface area (Å²) in [5.41, 5.74) is 0.710. The Morgan fingerprint density at radius 3 is 2.69 bits per heavy atom. The molecule has 6 nitrogen and oxygen atoms in total. The number of hydrogen-bond donors (Lipinski definition) is 2. The number of hydrogen-bond acceptors (Lipinski definition) is 4. The molecule has 0 spiro atoms. The maximum absolute atomic E-state index is 12.7. The van der Waals surface area contributed by atoms with Gasteiger partial charge in [-0.05, 0) is 63.9 Å². The minimum atomic E-state index is -2.82. The number of rotatable bonds is 7. The highest BCUT2D eigenvalue weighted by molar-refractivity contribution is 5.80. The fraction of sp³-hybridized carbons (Fsp3) is 0.667. The Morgan fingerprint density at radius 2 is 1.97 bits per heavy atom. The minimum absolute atomic E-state index is 0.212. The van der Waals surface area contributed by atoms with Crippen LogP contribution in [0.15, 0.2) is 29.3 Å². The van der Waals surface area contributed by atoms with Gasteiger partial charge in [0.25, 0.3) is 0 Å². The summed E-state index contributed by atoms with van der Waals surface area (Å²) in [6.07, 6.45) is 4.60. The highest BCUT2D eigenvalue weighted by Crippen LogP contribution is 2.31. The van der Waals surface area contributed by atoms with Crippen molar-refractivity contribution in [3.05, 3.63) is 24.3 Å². The van der Waals surface area contributed by atoms with Crippen molar-refractivity contribution in [3.8, 4) is 5.75 Å². The highest BCUT2D eigenvalue weighted by Gasteiger charge is 2.26. The van der Waals surface area contributed by atoms with E-state index in [1.165, 1.54) is 25.9 Å². The number of para-hydroxylation sites is 2. The molecule has 3 rings (SSSR count). The maximum Gasteiger partial charge on any atom is 0.387 e. The van der Waals surface area contributed by atoms with Gasteiger partial charge < -0.3 is 25.2 Å². The van der Waals surface area contributed by atoms with Gasteiger partial charge in [0.1, 0.15) is 5.75 Å². The first kappa shape index (κ1) is 21.6. The van der Waals surface area contributed by atoms with Crippen LogP contribution >= 0.6 is 0 Å². The summed E-state index contributed by atoms with van der Waals surface area (Å²) in [6.45, 7) is 1.97. The van der Waals surface area contributed by atoms with Crippen LogP contribution in [0, 0.1) is 5.92 Å². The van der Waals surface area contributed by atoms with E-state index in [0.29, 0.717) is 5.69 Å². The Kier molecular flexibility index (Phi) is 7.91. The zero-order valence-corrected chi connectivity index (χ0v) is 17.4. The smallest absolute Gasteiger partial charge is 0.387 e. The Morgan fingerprint density at radius 1 is 1.21 bits per heavy atom. The molecule has 1 atom stereocenters. The summed E-state index contributed by atoms with van der Waals surface area (Å²) in [7, 11) is 3.96. The van der Waals surface area contributed by atoms with E-state index in [-0.39, 0.29) is 11.8 Å². The van der Waals surface area contributed by atoms with Crippen LogP contribution in [0.4, 0.5) is 14.5 Å². The molecule has 2 aliphatic rings. The Bertz CT molecular complexity index is 664. The van der Waals surface area contributed by atoms with Crippen molar-refractivity contribution < 1.29 is 13.5 Å². The molecule has 0 aromatic heterocycles. The molecule has 0 aliphatic carbocycles. The third-order valence-corrected chi connectivity index (χ3v) is 5.86. The molecular formula is C21H33F2N5O. The van der Waals surface area contributed by atoms with E-state index in [4.69, 9.17) is 0 Å². The van der Waals surface area contributed by atoms with Crippen molar-refractivity contribution in [2.75, 3.05) is 51.7 Å². The number of likely N-dealkylation sites (tertiary alicyclic amines) is 1. The summed E-state index contributed by atoms with van der Waals surface area (Å²) in [5, 5.41) is 6.90. The van der Waals surface area contributed by atoms with Crippen LogP contribution in [0.3, 0.4) is 0 Å². The van der Waals surface area contributed by atoms with Gasteiger partial charge in [-0.2, -0.15) is 8.78 Å². The number of aliphatic imine (C=N–C) groups is 1. The number of nitrogens with zero attached hydrogens (tertiary/aromatic N) is 3. The van der Waals surface area contributed by atoms with Gasteiger partial charge in [-0.15, -0.1) is 0 Å². The van der Waals surface area contributed by atoms with Crippen LogP contribution < -0.4 is 20.3 Å². The number of benzene rings is 1. The summed E-state index contributed by atoms with van der Waals surface area (Å²) in [4.78, 5) is 8.82. The lowest BCUT2D eigenvalue weighted by Crippen LogP contribution is -2.45. The SMILES string of the molecule is CN=C(NCCC1CCN(C)CC1)NC1CCN(c2ccccc2OC(F)F)C1. The molecule has 29 heavy (non-hydrogen) atoms. The molecule has 1 unspecified atom stereocenters. The summed E-state index contributed by atoms with van der Waals surface area (Å²) in [6, 6.07) is 7.19. The molecule has 0 radical (unpaired) electrons. The van der Waals surface area contributed by atoms with Crippen molar-refractivity contribution in [1.82, 2.24) is 15.5 Å². The highest BCUT2D eigenvalue weighted by atomic mass is 19.3. The van der Waals surface area contributed by atoms with Crippen molar-refractivity contribution in [2.24, 2.45) is 10.9 Å². The molecule has 2 aliphatic heterocycles. The molecule has 2 heterocycles. The van der Waals surface area contributed by atoms with Gasteiger partial charge in [-0.3, -0.25) is 4.99 Å². The molecule has 2 fully saturated rings. The second-order valence-corrected chi connectivity index (χ2v) is 7.96. The van der Waals surface area contributed by atoms with Crippen molar-refractivity contribution >= 4 is 11.6 Å². The van der Waals surface area contributed by atoms with Crippen LogP contribution in [0.5, 0.6) is 5.75 Å². The van der Waals surface area contributed by atoms with Crippen LogP contribution in [0.2, 0.25) is 0 Å². The average Bonchev–Trinajstić information content (AvgIpc) is 3.17. The van der Waals surface area contributed by atoms with Gasteiger partial charge in [0, 0.05) is 32.7 Å². The second kappa shape index (κ2) is 10.6. The topological polar surface area (TPSA) is 52.1 Å². The number of alkyl halides is 2. The minimum Gasteiger partial charge on any atom is -0.433 e. The van der Waals surface area contributed by atoms with Crippen LogP contribution in [0.1, 0.15) is 25.7 Å². The van der Waals surface area contributed by atoms with Gasteiger partial charge in [0.2, 0.25) is 0 Å². The summed E-state index contributed by atoms with van der Waals surface area (Å²) >= 11 is 0. The number of nitrogens with one attached hydrogen (secondary N) is 2. The molecule has 8 heteroatoms. The molecule has 1 aromatic rings. The molecule has 1 aromatic carbocycles. The zero-order valence-electron chi connectivity index (χ0n) is 17.4. The normalized spacial score (nSPS) is 21.6. The molecule has 2 N–H and O–H groups in total. The Balaban J connectivity index is 1.45. The van der Waals surface area contributed by atoms with Gasteiger partial charge >= 0.3 is 6.61 Å². The lowest BCUT2D eigenvalue weighted by atomic mass is 9.94. The number of guanidine groups is 1. The first-order valence-electron chi connectivity index (χ1n) is 10.5. The molecule has 0 bridgehead atoms.